The number of benzene rings is 3. The molecule has 0 unspecified atom stereocenters. The highest BCUT2D eigenvalue weighted by atomic mass is 35.5. The van der Waals surface area contributed by atoms with Gasteiger partial charge >= 0.3 is 12.4 Å². The highest BCUT2D eigenvalue weighted by Gasteiger charge is 2.31. The number of hydrogen-bond acceptors (Lipinski definition) is 2. The molecule has 0 bridgehead atoms. The molecule has 5 aromatic rings. The van der Waals surface area contributed by atoms with Crippen LogP contribution in [-0.2, 0) is 30.1 Å². The monoisotopic (exact) mass is 601 g/mol. The van der Waals surface area contributed by atoms with Gasteiger partial charge in [-0.2, -0.15) is 26.3 Å². The molecule has 0 radical (unpaired) electrons. The lowest BCUT2D eigenvalue weighted by Crippen LogP contribution is -2.23. The lowest BCUT2D eigenvalue weighted by molar-refractivity contribution is -0.138. The molecule has 42 heavy (non-hydrogen) atoms. The van der Waals surface area contributed by atoms with E-state index in [0.717, 1.165) is 29.8 Å². The molecule has 0 aliphatic carbocycles. The van der Waals surface area contributed by atoms with Crippen molar-refractivity contribution in [1.29, 1.82) is 0 Å². The summed E-state index contributed by atoms with van der Waals surface area (Å²) in [6, 6.07) is 20.0. The van der Waals surface area contributed by atoms with Crippen molar-refractivity contribution in [2.24, 2.45) is 0 Å². The minimum atomic E-state index is -4.50. The molecular weight excluding hydrogens is 580 g/mol. The summed E-state index contributed by atoms with van der Waals surface area (Å²) >= 11 is 6.05. The molecule has 0 spiro atoms. The Labute approximate surface area is 241 Å². The number of aromatic nitrogens is 2. The second-order valence-electron chi connectivity index (χ2n) is 9.61. The van der Waals surface area contributed by atoms with Crippen LogP contribution in [0.4, 0.5) is 26.3 Å². The molecule has 2 aromatic heterocycles. The first kappa shape index (κ1) is 29.2. The van der Waals surface area contributed by atoms with Crippen LogP contribution in [0, 0.1) is 0 Å². The topological polar surface area (TPSA) is 46.4 Å². The van der Waals surface area contributed by atoms with Crippen LogP contribution in [0.25, 0.3) is 28.0 Å². The highest BCUT2D eigenvalue weighted by molar-refractivity contribution is 6.30. The van der Waals surface area contributed by atoms with Gasteiger partial charge in [-0.25, -0.2) is 4.98 Å². The lowest BCUT2D eigenvalue weighted by Gasteiger charge is -2.11. The third-order valence-electron chi connectivity index (χ3n) is 6.69. The van der Waals surface area contributed by atoms with Gasteiger partial charge in [0.25, 0.3) is 0 Å². The average Bonchev–Trinajstić information content (AvgIpc) is 3.32. The van der Waals surface area contributed by atoms with Crippen LogP contribution in [0.1, 0.15) is 28.8 Å². The Kier molecular flexibility index (Phi) is 8.01. The van der Waals surface area contributed by atoms with Crippen LogP contribution in [0.5, 0.6) is 0 Å². The minimum absolute atomic E-state index is 0.0128. The molecule has 2 heterocycles. The van der Waals surface area contributed by atoms with Crippen LogP contribution >= 0.6 is 11.6 Å². The van der Waals surface area contributed by atoms with Crippen molar-refractivity contribution in [3.05, 3.63) is 119 Å². The van der Waals surface area contributed by atoms with Crippen LogP contribution in [0.3, 0.4) is 0 Å². The zero-order valence-corrected chi connectivity index (χ0v) is 22.5. The summed E-state index contributed by atoms with van der Waals surface area (Å²) in [5.41, 5.74) is 2.06. The van der Waals surface area contributed by atoms with Crippen molar-refractivity contribution in [1.82, 2.24) is 14.7 Å². The number of nitrogens with one attached hydrogen (secondary N) is 1. The summed E-state index contributed by atoms with van der Waals surface area (Å²) in [6.45, 7) is -0.0837. The number of amides is 1. The van der Waals surface area contributed by atoms with E-state index in [1.807, 2.05) is 0 Å². The fourth-order valence-corrected chi connectivity index (χ4v) is 4.72. The van der Waals surface area contributed by atoms with Crippen molar-refractivity contribution < 1.29 is 31.1 Å². The number of pyridine rings is 1. The lowest BCUT2D eigenvalue weighted by atomic mass is 10.0. The number of halogens is 7. The molecule has 0 saturated heterocycles. The predicted octanol–water partition coefficient (Wildman–Crippen LogP) is 8.61. The molecule has 11 heteroatoms. The van der Waals surface area contributed by atoms with E-state index in [9.17, 15) is 31.1 Å². The van der Waals surface area contributed by atoms with Gasteiger partial charge in [-0.05, 0) is 71.6 Å². The summed E-state index contributed by atoms with van der Waals surface area (Å²) in [7, 11) is 0. The molecule has 0 saturated carbocycles. The standard InChI is InChI=1S/C31H22ClF6N3O/c32-25-10-7-20(8-11-25)29-26(12-14-28(42)39-17-19-3-1-5-23(15-19)30(33,34)35)41-18-22(9-13-27(41)40-29)21-4-2-6-24(16-21)31(36,37)38/h1-11,13,15-16,18H,12,14,17H2,(H,39,42). The highest BCUT2D eigenvalue weighted by Crippen LogP contribution is 2.34. The summed E-state index contributed by atoms with van der Waals surface area (Å²) in [4.78, 5) is 17.5. The number of carbonyl (C=O) groups excluding carboxylic acids is 1. The number of alkyl halides is 6. The van der Waals surface area contributed by atoms with Crippen molar-refractivity contribution in [2.45, 2.75) is 31.7 Å². The SMILES string of the molecule is O=C(CCc1c(-c2ccc(Cl)cc2)nc2ccc(-c3cccc(C(F)(F)F)c3)cn12)NCc1cccc(C(F)(F)F)c1. The third-order valence-corrected chi connectivity index (χ3v) is 6.94. The van der Waals surface area contributed by atoms with Crippen molar-refractivity contribution in [3.8, 4) is 22.4 Å². The maximum Gasteiger partial charge on any atom is 0.416 e. The first-order valence-corrected chi connectivity index (χ1v) is 13.1. The Hall–Kier alpha value is -4.31. The fraction of sp³-hybridized carbons (Fsp3) is 0.161. The number of carbonyl (C=O) groups is 1. The Morgan fingerprint density at radius 1 is 0.786 bits per heavy atom. The van der Waals surface area contributed by atoms with Crippen LogP contribution in [-0.4, -0.2) is 15.3 Å². The summed E-state index contributed by atoms with van der Waals surface area (Å²) in [5, 5.41) is 3.17. The number of rotatable bonds is 7. The van der Waals surface area contributed by atoms with Crippen LogP contribution in [0.15, 0.2) is 91.1 Å². The van der Waals surface area contributed by atoms with Gasteiger partial charge in [-0.1, -0.05) is 48.0 Å². The molecule has 216 valence electrons. The van der Waals surface area contributed by atoms with Crippen molar-refractivity contribution in [2.75, 3.05) is 0 Å². The molecule has 0 aliphatic heterocycles. The largest absolute Gasteiger partial charge is 0.416 e. The fourth-order valence-electron chi connectivity index (χ4n) is 4.60. The maximum atomic E-state index is 13.3. The van der Waals surface area contributed by atoms with Gasteiger partial charge in [0.2, 0.25) is 5.91 Å². The Balaban J connectivity index is 1.43. The van der Waals surface area contributed by atoms with E-state index >= 15 is 0 Å². The number of aryl methyl sites for hydroxylation is 1. The van der Waals surface area contributed by atoms with Gasteiger partial charge in [0.15, 0.2) is 0 Å². The maximum absolute atomic E-state index is 13.3. The predicted molar refractivity (Wildman–Crippen MR) is 148 cm³/mol. The van der Waals surface area contributed by atoms with E-state index in [1.165, 1.54) is 18.2 Å². The molecule has 4 nitrogen and oxygen atoms in total. The second kappa shape index (κ2) is 11.5. The Morgan fingerprint density at radius 3 is 2.12 bits per heavy atom. The van der Waals surface area contributed by atoms with E-state index < -0.39 is 29.4 Å². The Bertz CT molecular complexity index is 1740. The van der Waals surface area contributed by atoms with E-state index in [2.05, 4.69) is 5.32 Å². The Morgan fingerprint density at radius 2 is 1.43 bits per heavy atom. The first-order chi connectivity index (χ1) is 19.9. The quantitative estimate of drug-likeness (QED) is 0.190. The number of imidazole rings is 1. The zero-order chi connectivity index (χ0) is 30.1. The van der Waals surface area contributed by atoms with Gasteiger partial charge in [-0.3, -0.25) is 4.79 Å². The molecule has 0 aliphatic rings. The third kappa shape index (κ3) is 6.60. The van der Waals surface area contributed by atoms with Crippen LogP contribution in [0.2, 0.25) is 5.02 Å². The summed E-state index contributed by atoms with van der Waals surface area (Å²) in [5.74, 6) is -0.390. The smallest absolute Gasteiger partial charge is 0.352 e. The molecule has 0 fully saturated rings. The molecule has 5 rings (SSSR count). The van der Waals surface area contributed by atoms with Crippen molar-refractivity contribution in [3.63, 3.8) is 0 Å². The van der Waals surface area contributed by atoms with E-state index in [-0.39, 0.29) is 19.4 Å². The number of hydrogen-bond donors (Lipinski definition) is 1. The second-order valence-corrected chi connectivity index (χ2v) is 10.0. The summed E-state index contributed by atoms with van der Waals surface area (Å²) in [6.07, 6.45) is -7.13. The van der Waals surface area contributed by atoms with E-state index in [0.29, 0.717) is 38.7 Å². The first-order valence-electron chi connectivity index (χ1n) is 12.8. The van der Waals surface area contributed by atoms with E-state index in [1.54, 1.807) is 53.1 Å². The van der Waals surface area contributed by atoms with Gasteiger partial charge in [0.05, 0.1) is 22.5 Å². The van der Waals surface area contributed by atoms with Crippen LogP contribution < -0.4 is 5.32 Å². The molecule has 1 amide bonds. The molecule has 0 atom stereocenters. The number of fused-ring (bicyclic) bond motifs is 1. The van der Waals surface area contributed by atoms with Gasteiger partial charge in [-0.15, -0.1) is 0 Å². The normalized spacial score (nSPS) is 12.1. The average molecular weight is 602 g/mol. The molecule has 3 aromatic carbocycles. The minimum Gasteiger partial charge on any atom is -0.352 e. The van der Waals surface area contributed by atoms with Crippen molar-refractivity contribution >= 4 is 23.2 Å². The number of nitrogens with zero attached hydrogens (tertiary/aromatic N) is 2. The summed E-state index contributed by atoms with van der Waals surface area (Å²) < 4.78 is 80.8. The van der Waals surface area contributed by atoms with E-state index in [4.69, 9.17) is 16.6 Å². The molecule has 1 N–H and O–H groups in total. The van der Waals surface area contributed by atoms with Gasteiger partial charge < -0.3 is 9.72 Å². The van der Waals surface area contributed by atoms with Gasteiger partial charge in [0.1, 0.15) is 5.65 Å². The zero-order valence-electron chi connectivity index (χ0n) is 21.7. The molecular formula is C31H22ClF6N3O. The van der Waals surface area contributed by atoms with Gasteiger partial charge in [0, 0.05) is 29.7 Å².